The molecule has 0 aliphatic rings. The largest absolute Gasteiger partial charge is 0.370 e. The van der Waals surface area contributed by atoms with Gasteiger partial charge in [0, 0.05) is 13.6 Å². The number of hydrogen-bond donors (Lipinski definition) is 0. The zero-order valence-corrected chi connectivity index (χ0v) is 10.4. The van der Waals surface area contributed by atoms with Crippen LogP contribution in [0.25, 0.3) is 0 Å². The quantitative estimate of drug-likeness (QED) is 0.786. The van der Waals surface area contributed by atoms with Gasteiger partial charge in [0.05, 0.1) is 11.3 Å². The van der Waals surface area contributed by atoms with E-state index in [0.717, 1.165) is 5.56 Å². The Morgan fingerprint density at radius 3 is 2.58 bits per heavy atom. The molecule has 0 aliphatic carbocycles. The van der Waals surface area contributed by atoms with Gasteiger partial charge in [-0.1, -0.05) is 18.2 Å². The van der Waals surface area contributed by atoms with Gasteiger partial charge in [-0.3, -0.25) is 4.79 Å². The number of hydrogen-bond acceptors (Lipinski definition) is 2. The zero-order valence-electron chi connectivity index (χ0n) is 10.4. The van der Waals surface area contributed by atoms with Crippen LogP contribution in [0.5, 0.6) is 0 Å². The molecular weight excluding hydrogens is 248 g/mol. The van der Waals surface area contributed by atoms with E-state index in [1.54, 1.807) is 36.2 Å². The van der Waals surface area contributed by atoms with Crippen LogP contribution in [-0.2, 0) is 6.54 Å². The third-order valence-electron chi connectivity index (χ3n) is 2.87. The minimum Gasteiger partial charge on any atom is -0.370 e. The van der Waals surface area contributed by atoms with Gasteiger partial charge in [0.2, 0.25) is 0 Å². The van der Waals surface area contributed by atoms with Crippen LogP contribution in [0.2, 0.25) is 0 Å². The maximum absolute atomic E-state index is 13.5. The molecule has 2 aromatic rings. The first-order valence-corrected chi connectivity index (χ1v) is 5.81. The summed E-state index contributed by atoms with van der Waals surface area (Å²) in [7, 11) is 1.73. The van der Waals surface area contributed by atoms with Gasteiger partial charge in [-0.2, -0.15) is 0 Å². The third kappa shape index (κ3) is 2.96. The first-order chi connectivity index (χ1) is 9.11. The Hall–Kier alpha value is -2.23. The van der Waals surface area contributed by atoms with E-state index in [9.17, 15) is 13.6 Å². The molecule has 0 heterocycles. The predicted molar refractivity (Wildman–Crippen MR) is 70.3 cm³/mol. The van der Waals surface area contributed by atoms with E-state index in [1.165, 1.54) is 18.2 Å². The van der Waals surface area contributed by atoms with Gasteiger partial charge in [-0.15, -0.1) is 0 Å². The van der Waals surface area contributed by atoms with Crippen molar-refractivity contribution in [2.75, 3.05) is 11.9 Å². The van der Waals surface area contributed by atoms with Gasteiger partial charge in [0.25, 0.3) is 0 Å². The zero-order chi connectivity index (χ0) is 13.8. The Kier molecular flexibility index (Phi) is 3.90. The van der Waals surface area contributed by atoms with Crippen LogP contribution in [0.15, 0.2) is 42.5 Å². The van der Waals surface area contributed by atoms with E-state index < -0.39 is 5.82 Å². The topological polar surface area (TPSA) is 20.3 Å². The van der Waals surface area contributed by atoms with E-state index in [4.69, 9.17) is 0 Å². The summed E-state index contributed by atoms with van der Waals surface area (Å²) in [4.78, 5) is 12.6. The fourth-order valence-corrected chi connectivity index (χ4v) is 1.97. The first-order valence-electron chi connectivity index (χ1n) is 5.81. The minimum absolute atomic E-state index is 0.0152. The standard InChI is InChI=1S/C15H13F2NO/c1-18(9-11-4-2-5-12(16)8-11)15-7-3-6-14(17)13(15)10-19/h2-8,10H,9H2,1H3. The van der Waals surface area contributed by atoms with E-state index >= 15 is 0 Å². The molecule has 0 aliphatic heterocycles. The lowest BCUT2D eigenvalue weighted by atomic mass is 10.1. The van der Waals surface area contributed by atoms with Crippen molar-refractivity contribution in [1.29, 1.82) is 0 Å². The van der Waals surface area contributed by atoms with Crippen LogP contribution < -0.4 is 4.90 Å². The SMILES string of the molecule is CN(Cc1cccc(F)c1)c1cccc(F)c1C=O. The molecule has 2 nitrogen and oxygen atoms in total. The number of carbonyl (C=O) groups is 1. The number of aldehydes is 1. The molecule has 0 amide bonds. The highest BCUT2D eigenvalue weighted by molar-refractivity contribution is 5.84. The van der Waals surface area contributed by atoms with Crippen LogP contribution in [-0.4, -0.2) is 13.3 Å². The van der Waals surface area contributed by atoms with E-state index in [2.05, 4.69) is 0 Å². The Morgan fingerprint density at radius 1 is 1.16 bits per heavy atom. The van der Waals surface area contributed by atoms with Crippen molar-refractivity contribution in [3.8, 4) is 0 Å². The second-order valence-corrected chi connectivity index (χ2v) is 4.28. The van der Waals surface area contributed by atoms with Gasteiger partial charge < -0.3 is 4.90 Å². The van der Waals surface area contributed by atoms with Crippen LogP contribution in [0, 0.1) is 11.6 Å². The smallest absolute Gasteiger partial charge is 0.155 e. The maximum atomic E-state index is 13.5. The minimum atomic E-state index is -0.557. The Balaban J connectivity index is 2.27. The number of carbonyl (C=O) groups excluding carboxylic acids is 1. The van der Waals surface area contributed by atoms with Gasteiger partial charge in [-0.25, -0.2) is 8.78 Å². The van der Waals surface area contributed by atoms with Gasteiger partial charge in [0.15, 0.2) is 6.29 Å². The first kappa shape index (κ1) is 13.2. The van der Waals surface area contributed by atoms with Crippen LogP contribution in [0.1, 0.15) is 15.9 Å². The fourth-order valence-electron chi connectivity index (χ4n) is 1.97. The van der Waals surface area contributed by atoms with Crippen molar-refractivity contribution in [2.45, 2.75) is 6.54 Å². The number of halogens is 2. The van der Waals surface area contributed by atoms with E-state index in [0.29, 0.717) is 18.5 Å². The highest BCUT2D eigenvalue weighted by Gasteiger charge is 2.11. The summed E-state index contributed by atoms with van der Waals surface area (Å²) >= 11 is 0. The van der Waals surface area contributed by atoms with Crippen LogP contribution in [0.3, 0.4) is 0 Å². The van der Waals surface area contributed by atoms with Crippen molar-refractivity contribution >= 4 is 12.0 Å². The molecule has 0 spiro atoms. The summed E-state index contributed by atoms with van der Waals surface area (Å²) in [5, 5.41) is 0. The number of rotatable bonds is 4. The third-order valence-corrected chi connectivity index (χ3v) is 2.87. The lowest BCUT2D eigenvalue weighted by Crippen LogP contribution is -2.18. The molecular formula is C15H13F2NO. The molecule has 2 rings (SSSR count). The second kappa shape index (κ2) is 5.61. The Bertz CT molecular complexity index is 598. The normalized spacial score (nSPS) is 10.3. The number of benzene rings is 2. The van der Waals surface area contributed by atoms with E-state index in [-0.39, 0.29) is 11.4 Å². The summed E-state index contributed by atoms with van der Waals surface area (Å²) in [6, 6.07) is 10.6. The molecule has 0 saturated heterocycles. The second-order valence-electron chi connectivity index (χ2n) is 4.28. The van der Waals surface area contributed by atoms with Gasteiger partial charge in [-0.05, 0) is 29.8 Å². The van der Waals surface area contributed by atoms with Crippen molar-refractivity contribution in [2.24, 2.45) is 0 Å². The summed E-state index contributed by atoms with van der Waals surface area (Å²) in [6.45, 7) is 0.391. The van der Waals surface area contributed by atoms with Crippen LogP contribution >= 0.6 is 0 Å². The fraction of sp³-hybridized carbons (Fsp3) is 0.133. The molecule has 0 N–H and O–H groups in total. The summed E-state index contributed by atoms with van der Waals surface area (Å²) < 4.78 is 26.6. The highest BCUT2D eigenvalue weighted by Crippen LogP contribution is 2.22. The highest BCUT2D eigenvalue weighted by atomic mass is 19.1. The average Bonchev–Trinajstić information content (AvgIpc) is 2.38. The molecule has 0 saturated carbocycles. The molecule has 0 bridgehead atoms. The van der Waals surface area contributed by atoms with Crippen molar-refractivity contribution < 1.29 is 13.6 Å². The van der Waals surface area contributed by atoms with Gasteiger partial charge in [0.1, 0.15) is 11.6 Å². The monoisotopic (exact) mass is 261 g/mol. The Labute approximate surface area is 110 Å². The summed E-state index contributed by atoms with van der Waals surface area (Å²) in [6.07, 6.45) is 0.493. The van der Waals surface area contributed by atoms with E-state index in [1.807, 2.05) is 0 Å². The molecule has 0 atom stereocenters. The number of nitrogens with zero attached hydrogens (tertiary/aromatic N) is 1. The predicted octanol–water partition coefficient (Wildman–Crippen LogP) is 3.41. The lowest BCUT2D eigenvalue weighted by molar-refractivity contribution is 0.112. The maximum Gasteiger partial charge on any atom is 0.155 e. The van der Waals surface area contributed by atoms with Crippen molar-refractivity contribution in [3.05, 3.63) is 65.2 Å². The molecule has 0 unspecified atom stereocenters. The summed E-state index contributed by atoms with van der Waals surface area (Å²) in [5.41, 5.74) is 1.25. The molecule has 4 heteroatoms. The van der Waals surface area contributed by atoms with Gasteiger partial charge >= 0.3 is 0 Å². The Morgan fingerprint density at radius 2 is 1.89 bits per heavy atom. The van der Waals surface area contributed by atoms with Crippen molar-refractivity contribution in [3.63, 3.8) is 0 Å². The number of anilines is 1. The molecule has 0 aromatic heterocycles. The van der Waals surface area contributed by atoms with Crippen LogP contribution in [0.4, 0.5) is 14.5 Å². The lowest BCUT2D eigenvalue weighted by Gasteiger charge is -2.21. The molecule has 2 aromatic carbocycles. The van der Waals surface area contributed by atoms with Crippen molar-refractivity contribution in [1.82, 2.24) is 0 Å². The molecule has 0 radical (unpaired) electrons. The molecule has 98 valence electrons. The molecule has 0 fully saturated rings. The summed E-state index contributed by atoms with van der Waals surface area (Å²) in [5.74, 6) is -0.876. The average molecular weight is 261 g/mol. The molecule has 19 heavy (non-hydrogen) atoms.